The lowest BCUT2D eigenvalue weighted by Gasteiger charge is -2.17. The molecule has 170 valence electrons. The van der Waals surface area contributed by atoms with Crippen LogP contribution in [0.15, 0.2) is 67.4 Å². The Morgan fingerprint density at radius 2 is 1.45 bits per heavy atom. The van der Waals surface area contributed by atoms with E-state index in [1.54, 1.807) is 12.1 Å². The third-order valence-corrected chi connectivity index (χ3v) is 5.32. The predicted molar refractivity (Wildman–Crippen MR) is 112 cm³/mol. The molecule has 0 fully saturated rings. The molecular weight excluding hydrogens is 468 g/mol. The molecule has 0 radical (unpaired) electrons. The van der Waals surface area contributed by atoms with Gasteiger partial charge in [0, 0.05) is 27.9 Å². The van der Waals surface area contributed by atoms with Gasteiger partial charge in [0.2, 0.25) is 0 Å². The molecule has 4 aromatic rings. The van der Waals surface area contributed by atoms with Gasteiger partial charge in [0.25, 0.3) is 0 Å². The summed E-state index contributed by atoms with van der Waals surface area (Å²) < 4.78 is 81.5. The summed E-state index contributed by atoms with van der Waals surface area (Å²) in [5.74, 6) is 0. The third-order valence-electron chi connectivity index (χ3n) is 4.99. The van der Waals surface area contributed by atoms with Crippen LogP contribution in [-0.2, 0) is 12.4 Å². The maximum Gasteiger partial charge on any atom is 0.416 e. The van der Waals surface area contributed by atoms with Crippen LogP contribution in [0.25, 0.3) is 28.1 Å². The molecule has 3 nitrogen and oxygen atoms in total. The molecule has 0 bridgehead atoms. The van der Waals surface area contributed by atoms with Gasteiger partial charge in [-0.2, -0.15) is 26.3 Å². The minimum Gasteiger partial charge on any atom is -0.297 e. The molecule has 0 N–H and O–H groups in total. The highest BCUT2D eigenvalue weighted by Gasteiger charge is 2.37. The number of hydrogen-bond acceptors (Lipinski definition) is 2. The molecule has 0 spiro atoms. The molecule has 0 aliphatic rings. The Labute approximate surface area is 189 Å². The van der Waals surface area contributed by atoms with E-state index in [0.717, 1.165) is 5.56 Å². The van der Waals surface area contributed by atoms with Crippen LogP contribution in [0, 0.1) is 6.92 Å². The number of aromatic nitrogens is 3. The quantitative estimate of drug-likeness (QED) is 0.282. The van der Waals surface area contributed by atoms with E-state index in [1.165, 1.54) is 29.5 Å². The number of imidazole rings is 1. The lowest BCUT2D eigenvalue weighted by atomic mass is 10.0. The summed E-state index contributed by atoms with van der Waals surface area (Å²) in [6.07, 6.45) is -4.47. The summed E-state index contributed by atoms with van der Waals surface area (Å²) in [5, 5.41) is 0.424. The van der Waals surface area contributed by atoms with Crippen LogP contribution < -0.4 is 0 Å². The number of alkyl halides is 6. The standard InChI is InChI=1S/C23H14ClF6N3/c1-13-2-3-19(24)18(6-13)17-4-5-31-11-21(17)33-12-32-10-20(33)14-7-15(22(25,26)27)9-16(8-14)23(28,29)30/h2-12H,1H3. The topological polar surface area (TPSA) is 30.7 Å². The van der Waals surface area contributed by atoms with Crippen LogP contribution in [0.5, 0.6) is 0 Å². The van der Waals surface area contributed by atoms with Gasteiger partial charge in [-0.15, -0.1) is 0 Å². The Kier molecular flexibility index (Phi) is 5.69. The molecular formula is C23H14ClF6N3. The van der Waals surface area contributed by atoms with Gasteiger partial charge in [-0.25, -0.2) is 4.98 Å². The Morgan fingerprint density at radius 1 is 0.788 bits per heavy atom. The number of pyridine rings is 1. The molecule has 33 heavy (non-hydrogen) atoms. The summed E-state index contributed by atoms with van der Waals surface area (Å²) in [6, 6.07) is 8.42. The summed E-state index contributed by atoms with van der Waals surface area (Å²) in [6.45, 7) is 1.87. The van der Waals surface area contributed by atoms with Crippen LogP contribution in [0.1, 0.15) is 16.7 Å². The van der Waals surface area contributed by atoms with Crippen molar-refractivity contribution in [1.82, 2.24) is 14.5 Å². The van der Waals surface area contributed by atoms with Crippen molar-refractivity contribution in [3.63, 3.8) is 0 Å². The van der Waals surface area contributed by atoms with Crippen molar-refractivity contribution >= 4 is 11.6 Å². The van der Waals surface area contributed by atoms with E-state index < -0.39 is 23.5 Å². The second kappa shape index (κ2) is 8.22. The predicted octanol–water partition coefficient (Wildman–Crippen LogP) is 7.60. The summed E-state index contributed by atoms with van der Waals surface area (Å²) in [7, 11) is 0. The summed E-state index contributed by atoms with van der Waals surface area (Å²) in [4.78, 5) is 8.05. The van der Waals surface area contributed by atoms with Crippen molar-refractivity contribution in [2.75, 3.05) is 0 Å². The fraction of sp³-hybridized carbons (Fsp3) is 0.130. The van der Waals surface area contributed by atoms with E-state index in [4.69, 9.17) is 11.6 Å². The Hall–Kier alpha value is -3.33. The van der Waals surface area contributed by atoms with E-state index in [0.29, 0.717) is 34.0 Å². The fourth-order valence-electron chi connectivity index (χ4n) is 3.45. The second-order valence-corrected chi connectivity index (χ2v) is 7.73. The third kappa shape index (κ3) is 4.59. The number of aryl methyl sites for hydroxylation is 1. The van der Waals surface area contributed by atoms with Gasteiger partial charge < -0.3 is 0 Å². The van der Waals surface area contributed by atoms with E-state index in [9.17, 15) is 26.3 Å². The average Bonchev–Trinajstić information content (AvgIpc) is 3.24. The SMILES string of the molecule is Cc1ccc(Cl)c(-c2ccncc2-n2cncc2-c2cc(C(F)(F)F)cc(C(F)(F)F)c2)c1. The maximum atomic E-state index is 13.4. The lowest BCUT2D eigenvalue weighted by molar-refractivity contribution is -0.143. The fourth-order valence-corrected chi connectivity index (χ4v) is 3.67. The van der Waals surface area contributed by atoms with Crippen LogP contribution in [0.2, 0.25) is 5.02 Å². The van der Waals surface area contributed by atoms with E-state index >= 15 is 0 Å². The van der Waals surface area contributed by atoms with Crippen LogP contribution in [0.4, 0.5) is 26.3 Å². The number of nitrogens with zero attached hydrogens (tertiary/aromatic N) is 3. The van der Waals surface area contributed by atoms with Gasteiger partial charge in [0.15, 0.2) is 0 Å². The molecule has 2 aromatic heterocycles. The highest BCUT2D eigenvalue weighted by Crippen LogP contribution is 2.40. The molecule has 0 aliphatic heterocycles. The zero-order valence-corrected chi connectivity index (χ0v) is 17.6. The van der Waals surface area contributed by atoms with Gasteiger partial charge in [-0.3, -0.25) is 9.55 Å². The molecule has 0 saturated carbocycles. The van der Waals surface area contributed by atoms with Crippen molar-refractivity contribution in [2.45, 2.75) is 19.3 Å². The van der Waals surface area contributed by atoms with Crippen LogP contribution in [0.3, 0.4) is 0 Å². The minimum absolute atomic E-state index is 0.0321. The molecule has 2 aromatic carbocycles. The van der Waals surface area contributed by atoms with E-state index in [-0.39, 0.29) is 17.3 Å². The van der Waals surface area contributed by atoms with Gasteiger partial charge in [-0.05, 0) is 43.3 Å². The monoisotopic (exact) mass is 481 g/mol. The number of halogens is 7. The van der Waals surface area contributed by atoms with Gasteiger partial charge >= 0.3 is 12.4 Å². The maximum absolute atomic E-state index is 13.4. The summed E-state index contributed by atoms with van der Waals surface area (Å²) in [5.41, 5.74) is -0.556. The van der Waals surface area contributed by atoms with Crippen molar-refractivity contribution in [2.24, 2.45) is 0 Å². The van der Waals surface area contributed by atoms with Gasteiger partial charge in [0.05, 0.1) is 41.2 Å². The van der Waals surface area contributed by atoms with Gasteiger partial charge in [-0.1, -0.05) is 23.2 Å². The minimum atomic E-state index is -4.96. The number of hydrogen-bond donors (Lipinski definition) is 0. The lowest BCUT2D eigenvalue weighted by Crippen LogP contribution is -2.11. The summed E-state index contributed by atoms with van der Waals surface area (Å²) >= 11 is 6.37. The van der Waals surface area contributed by atoms with Crippen LogP contribution >= 0.6 is 11.6 Å². The molecule has 0 amide bonds. The Balaban J connectivity index is 1.94. The van der Waals surface area contributed by atoms with Gasteiger partial charge in [0.1, 0.15) is 0 Å². The highest BCUT2D eigenvalue weighted by atomic mass is 35.5. The van der Waals surface area contributed by atoms with Crippen LogP contribution in [-0.4, -0.2) is 14.5 Å². The molecule has 10 heteroatoms. The number of rotatable bonds is 3. The first kappa shape index (κ1) is 22.8. The van der Waals surface area contributed by atoms with Crippen molar-refractivity contribution in [1.29, 1.82) is 0 Å². The average molecular weight is 482 g/mol. The largest absolute Gasteiger partial charge is 0.416 e. The first-order valence-electron chi connectivity index (χ1n) is 9.48. The molecule has 4 rings (SSSR count). The normalized spacial score (nSPS) is 12.2. The zero-order chi connectivity index (χ0) is 24.0. The van der Waals surface area contributed by atoms with Crippen molar-refractivity contribution in [3.8, 4) is 28.1 Å². The Morgan fingerprint density at radius 3 is 2.09 bits per heavy atom. The smallest absolute Gasteiger partial charge is 0.297 e. The zero-order valence-electron chi connectivity index (χ0n) is 16.8. The van der Waals surface area contributed by atoms with E-state index in [1.807, 2.05) is 19.1 Å². The second-order valence-electron chi connectivity index (χ2n) is 7.32. The molecule has 2 heterocycles. The first-order chi connectivity index (χ1) is 15.4. The molecule has 0 unspecified atom stereocenters. The van der Waals surface area contributed by atoms with Crippen molar-refractivity contribution < 1.29 is 26.3 Å². The molecule has 0 saturated heterocycles. The first-order valence-corrected chi connectivity index (χ1v) is 9.86. The number of benzene rings is 2. The highest BCUT2D eigenvalue weighted by molar-refractivity contribution is 6.33. The molecule has 0 atom stereocenters. The van der Waals surface area contributed by atoms with E-state index in [2.05, 4.69) is 9.97 Å². The van der Waals surface area contributed by atoms with Crippen molar-refractivity contribution in [3.05, 3.63) is 89.1 Å². The molecule has 0 aliphatic carbocycles. The Bertz CT molecular complexity index is 1290.